The van der Waals surface area contributed by atoms with Crippen LogP contribution in [0.4, 0.5) is 0 Å². The Bertz CT molecular complexity index is 592. The van der Waals surface area contributed by atoms with Gasteiger partial charge in [-0.15, -0.1) is 0 Å². The van der Waals surface area contributed by atoms with Crippen LogP contribution in [-0.4, -0.2) is 0 Å². The van der Waals surface area contributed by atoms with Crippen molar-refractivity contribution in [3.8, 4) is 0 Å². The number of hydrogen-bond acceptors (Lipinski definition) is 0. The molecular weight excluding hydrogens is 276 g/mol. The van der Waals surface area contributed by atoms with Crippen LogP contribution in [0.2, 0.25) is 0 Å². The standard InChI is InChI=1S/C19H18.2C2H6/c1-3-8-16(9-4-1)14-15-18-12-7-13-19(18)17-10-5-2-6-11-17;2*1-2/h1-5,7-10,12,14-15H,6,11,13H2;2*1-2H3/b15-14+;;. The van der Waals surface area contributed by atoms with E-state index in [2.05, 4.69) is 72.9 Å². The van der Waals surface area contributed by atoms with Crippen molar-refractivity contribution in [2.75, 3.05) is 0 Å². The van der Waals surface area contributed by atoms with Gasteiger partial charge in [-0.1, -0.05) is 101 Å². The zero-order valence-electron chi connectivity index (χ0n) is 15.0. The van der Waals surface area contributed by atoms with Crippen LogP contribution in [0.5, 0.6) is 0 Å². The summed E-state index contributed by atoms with van der Waals surface area (Å²) < 4.78 is 0. The molecule has 0 saturated heterocycles. The first kappa shape index (κ1) is 19.0. The van der Waals surface area contributed by atoms with Crippen LogP contribution < -0.4 is 0 Å². The Morgan fingerprint density at radius 2 is 1.61 bits per heavy atom. The van der Waals surface area contributed by atoms with Crippen LogP contribution in [0.1, 0.15) is 52.5 Å². The molecule has 0 bridgehead atoms. The summed E-state index contributed by atoms with van der Waals surface area (Å²) in [4.78, 5) is 0. The molecule has 0 spiro atoms. The molecule has 23 heavy (non-hydrogen) atoms. The normalized spacial score (nSPS) is 15.7. The van der Waals surface area contributed by atoms with E-state index in [1.807, 2.05) is 27.7 Å². The van der Waals surface area contributed by atoms with Gasteiger partial charge in [0.25, 0.3) is 0 Å². The van der Waals surface area contributed by atoms with Crippen LogP contribution in [0.3, 0.4) is 0 Å². The highest BCUT2D eigenvalue weighted by Crippen LogP contribution is 2.31. The van der Waals surface area contributed by atoms with Gasteiger partial charge in [-0.2, -0.15) is 0 Å². The largest absolute Gasteiger partial charge is 0.0842 e. The molecule has 0 radical (unpaired) electrons. The predicted octanol–water partition coefficient (Wildman–Crippen LogP) is 7.29. The minimum absolute atomic E-state index is 1.08. The first-order valence-electron chi connectivity index (χ1n) is 8.92. The Morgan fingerprint density at radius 3 is 2.26 bits per heavy atom. The molecule has 0 aromatic heterocycles. The maximum absolute atomic E-state index is 2.27. The van der Waals surface area contributed by atoms with Crippen molar-refractivity contribution >= 4 is 6.08 Å². The minimum Gasteiger partial charge on any atom is -0.0842 e. The van der Waals surface area contributed by atoms with Gasteiger partial charge in [-0.05, 0) is 41.5 Å². The summed E-state index contributed by atoms with van der Waals surface area (Å²) in [6, 6.07) is 10.5. The molecular formula is C23H30. The van der Waals surface area contributed by atoms with E-state index in [0.717, 1.165) is 6.42 Å². The molecule has 1 aromatic rings. The van der Waals surface area contributed by atoms with E-state index in [4.69, 9.17) is 0 Å². The van der Waals surface area contributed by atoms with Gasteiger partial charge in [0.2, 0.25) is 0 Å². The van der Waals surface area contributed by atoms with Crippen LogP contribution >= 0.6 is 0 Å². The number of benzene rings is 1. The fraction of sp³-hybridized carbons (Fsp3) is 0.304. The third-order valence-electron chi connectivity index (χ3n) is 3.62. The molecule has 0 heteroatoms. The first-order chi connectivity index (χ1) is 11.4. The Balaban J connectivity index is 0.000000615. The fourth-order valence-corrected chi connectivity index (χ4v) is 2.60. The van der Waals surface area contributed by atoms with E-state index < -0.39 is 0 Å². The second-order valence-corrected chi connectivity index (χ2v) is 4.94. The van der Waals surface area contributed by atoms with Gasteiger partial charge >= 0.3 is 0 Å². The van der Waals surface area contributed by atoms with Crippen LogP contribution in [0, 0.1) is 0 Å². The smallest absolute Gasteiger partial charge is 0.00854 e. The monoisotopic (exact) mass is 306 g/mol. The lowest BCUT2D eigenvalue weighted by atomic mass is 9.94. The Morgan fingerprint density at radius 1 is 0.870 bits per heavy atom. The van der Waals surface area contributed by atoms with E-state index in [1.54, 1.807) is 0 Å². The second-order valence-electron chi connectivity index (χ2n) is 4.94. The van der Waals surface area contributed by atoms with Crippen LogP contribution in [-0.2, 0) is 0 Å². The summed E-state index contributed by atoms with van der Waals surface area (Å²) in [5.41, 5.74) is 5.62. The summed E-state index contributed by atoms with van der Waals surface area (Å²) in [6.45, 7) is 8.00. The molecule has 0 heterocycles. The molecule has 0 atom stereocenters. The molecule has 122 valence electrons. The van der Waals surface area contributed by atoms with Gasteiger partial charge in [0.15, 0.2) is 0 Å². The van der Waals surface area contributed by atoms with Crippen molar-refractivity contribution in [2.24, 2.45) is 0 Å². The van der Waals surface area contributed by atoms with Crippen molar-refractivity contribution in [2.45, 2.75) is 47.0 Å². The van der Waals surface area contributed by atoms with E-state index in [9.17, 15) is 0 Å². The Hall–Kier alpha value is -2.08. The average molecular weight is 306 g/mol. The number of allylic oxidation sites excluding steroid dienone is 9. The zero-order valence-corrected chi connectivity index (χ0v) is 15.0. The van der Waals surface area contributed by atoms with Gasteiger partial charge in [0.05, 0.1) is 0 Å². The van der Waals surface area contributed by atoms with Crippen molar-refractivity contribution in [3.05, 3.63) is 89.1 Å². The molecule has 0 unspecified atom stereocenters. The van der Waals surface area contributed by atoms with Gasteiger partial charge < -0.3 is 0 Å². The van der Waals surface area contributed by atoms with E-state index in [0.29, 0.717) is 0 Å². The van der Waals surface area contributed by atoms with Crippen LogP contribution in [0.25, 0.3) is 6.08 Å². The van der Waals surface area contributed by atoms with E-state index in [-0.39, 0.29) is 0 Å². The SMILES string of the molecule is C1=CCCC(C2=C(/C=C/c3ccccc3)C=CC2)=C1.CC.CC. The Labute approximate surface area is 142 Å². The van der Waals surface area contributed by atoms with Gasteiger partial charge in [-0.3, -0.25) is 0 Å². The van der Waals surface area contributed by atoms with Crippen molar-refractivity contribution < 1.29 is 0 Å². The molecule has 0 saturated carbocycles. The lowest BCUT2D eigenvalue weighted by Gasteiger charge is -2.11. The van der Waals surface area contributed by atoms with Crippen molar-refractivity contribution in [1.82, 2.24) is 0 Å². The highest BCUT2D eigenvalue weighted by atomic mass is 14.2. The third-order valence-corrected chi connectivity index (χ3v) is 3.62. The topological polar surface area (TPSA) is 0 Å². The second kappa shape index (κ2) is 11.5. The first-order valence-corrected chi connectivity index (χ1v) is 8.92. The molecule has 0 aliphatic heterocycles. The summed E-state index contributed by atoms with van der Waals surface area (Å²) in [5.74, 6) is 0. The molecule has 0 nitrogen and oxygen atoms in total. The summed E-state index contributed by atoms with van der Waals surface area (Å²) in [7, 11) is 0. The maximum atomic E-state index is 2.27. The molecule has 1 aromatic carbocycles. The average Bonchev–Trinajstić information content (AvgIpc) is 3.13. The summed E-state index contributed by atoms with van der Waals surface area (Å²) >= 11 is 0. The van der Waals surface area contributed by atoms with Crippen molar-refractivity contribution in [1.29, 1.82) is 0 Å². The van der Waals surface area contributed by atoms with Gasteiger partial charge in [0, 0.05) is 0 Å². The molecule has 2 aliphatic rings. The molecule has 0 amide bonds. The molecule has 3 rings (SSSR count). The molecule has 2 aliphatic carbocycles. The lowest BCUT2D eigenvalue weighted by Crippen LogP contribution is -1.92. The zero-order chi connectivity index (χ0) is 16.9. The van der Waals surface area contributed by atoms with E-state index in [1.165, 1.54) is 35.1 Å². The highest BCUT2D eigenvalue weighted by Gasteiger charge is 2.12. The van der Waals surface area contributed by atoms with Gasteiger partial charge in [0.1, 0.15) is 0 Å². The van der Waals surface area contributed by atoms with E-state index >= 15 is 0 Å². The number of rotatable bonds is 3. The van der Waals surface area contributed by atoms with Gasteiger partial charge in [-0.25, -0.2) is 0 Å². The van der Waals surface area contributed by atoms with Crippen molar-refractivity contribution in [3.63, 3.8) is 0 Å². The summed E-state index contributed by atoms with van der Waals surface area (Å²) in [6.07, 6.45) is 19.1. The predicted molar refractivity (Wildman–Crippen MR) is 105 cm³/mol. The third kappa shape index (κ3) is 5.90. The maximum Gasteiger partial charge on any atom is -0.00854 e. The van der Waals surface area contributed by atoms with Crippen LogP contribution in [0.15, 0.2) is 83.5 Å². The quantitative estimate of drug-likeness (QED) is 0.550. The lowest BCUT2D eigenvalue weighted by molar-refractivity contribution is 0.956. The number of hydrogen-bond donors (Lipinski definition) is 0. The minimum atomic E-state index is 1.08. The fourth-order valence-electron chi connectivity index (χ4n) is 2.60. The molecule has 0 N–H and O–H groups in total. The highest BCUT2D eigenvalue weighted by molar-refractivity contribution is 5.60. The summed E-state index contributed by atoms with van der Waals surface area (Å²) in [5, 5.41) is 0. The molecule has 0 fully saturated rings. The Kier molecular flexibility index (Phi) is 9.47.